The van der Waals surface area contributed by atoms with Crippen molar-refractivity contribution in [1.29, 1.82) is 0 Å². The molecule has 2 nitrogen and oxygen atoms in total. The van der Waals surface area contributed by atoms with E-state index in [9.17, 15) is 4.79 Å². The Hall–Kier alpha value is -2.61. The summed E-state index contributed by atoms with van der Waals surface area (Å²) in [6.07, 6.45) is 5.35. The number of carbonyl (C=O) groups excluding carboxylic acids is 1. The molecular formula is C24H26O2. The zero-order chi connectivity index (χ0) is 18.4. The average Bonchev–Trinajstić information content (AvgIpc) is 2.66. The molecule has 0 fully saturated rings. The van der Waals surface area contributed by atoms with Crippen LogP contribution in [0.5, 0.6) is 0 Å². The van der Waals surface area contributed by atoms with Gasteiger partial charge in [0.2, 0.25) is 0 Å². The molecule has 0 aliphatic heterocycles. The topological polar surface area (TPSA) is 26.3 Å². The van der Waals surface area contributed by atoms with Crippen molar-refractivity contribution in [1.82, 2.24) is 0 Å². The fraction of sp³-hybridized carbons (Fsp3) is 0.292. The van der Waals surface area contributed by atoms with Crippen molar-refractivity contribution in [2.24, 2.45) is 0 Å². The summed E-state index contributed by atoms with van der Waals surface area (Å²) in [6.45, 7) is 5.76. The molecule has 3 aromatic rings. The fourth-order valence-corrected chi connectivity index (χ4v) is 3.42. The Morgan fingerprint density at radius 2 is 1.46 bits per heavy atom. The molecule has 0 radical (unpaired) electrons. The van der Waals surface area contributed by atoms with Crippen LogP contribution in [0.1, 0.15) is 38.2 Å². The monoisotopic (exact) mass is 346 g/mol. The molecule has 0 aromatic heterocycles. The lowest BCUT2D eigenvalue weighted by molar-refractivity contribution is -0.139. The maximum atomic E-state index is 11.3. The Morgan fingerprint density at radius 1 is 0.885 bits per heavy atom. The van der Waals surface area contributed by atoms with Gasteiger partial charge in [-0.1, -0.05) is 68.0 Å². The van der Waals surface area contributed by atoms with Crippen LogP contribution >= 0.6 is 0 Å². The lowest BCUT2D eigenvalue weighted by Gasteiger charge is -2.11. The van der Waals surface area contributed by atoms with E-state index >= 15 is 0 Å². The molecule has 0 N–H and O–H groups in total. The summed E-state index contributed by atoms with van der Waals surface area (Å²) in [5.41, 5.74) is 1.92. The molecule has 0 aliphatic rings. The van der Waals surface area contributed by atoms with E-state index in [0.29, 0.717) is 12.2 Å². The van der Waals surface area contributed by atoms with Crippen LogP contribution in [0.4, 0.5) is 0 Å². The van der Waals surface area contributed by atoms with Gasteiger partial charge in [-0.25, -0.2) is 4.79 Å². The number of rotatable bonds is 8. The largest absolute Gasteiger partial charge is 0.462 e. The van der Waals surface area contributed by atoms with Gasteiger partial charge in [0.15, 0.2) is 0 Å². The maximum absolute atomic E-state index is 11.3. The summed E-state index contributed by atoms with van der Waals surface area (Å²) in [4.78, 5) is 11.3. The number of benzene rings is 3. The number of hydrogen-bond donors (Lipinski definition) is 0. The van der Waals surface area contributed by atoms with E-state index in [-0.39, 0.29) is 5.97 Å². The number of ether oxygens (including phenoxy) is 1. The van der Waals surface area contributed by atoms with Gasteiger partial charge in [-0.2, -0.15) is 0 Å². The first-order chi connectivity index (χ1) is 12.7. The molecule has 134 valence electrons. The Morgan fingerprint density at radius 3 is 2.08 bits per heavy atom. The highest BCUT2D eigenvalue weighted by atomic mass is 16.5. The molecule has 0 atom stereocenters. The van der Waals surface area contributed by atoms with Crippen LogP contribution in [0, 0.1) is 0 Å². The van der Waals surface area contributed by atoms with Crippen LogP contribution in [0.15, 0.2) is 66.7 Å². The molecule has 3 aromatic carbocycles. The first-order valence-electron chi connectivity index (χ1n) is 9.39. The quantitative estimate of drug-likeness (QED) is 0.210. The predicted molar refractivity (Wildman–Crippen MR) is 109 cm³/mol. The second-order valence-electron chi connectivity index (χ2n) is 6.88. The van der Waals surface area contributed by atoms with Crippen molar-refractivity contribution in [3.05, 3.63) is 72.3 Å². The summed E-state index contributed by atoms with van der Waals surface area (Å²) in [5, 5.41) is 5.35. The van der Waals surface area contributed by atoms with Gasteiger partial charge in [0.05, 0.1) is 6.61 Å². The minimum atomic E-state index is -0.285. The Balaban J connectivity index is 1.60. The first kappa shape index (κ1) is 18.2. The summed E-state index contributed by atoms with van der Waals surface area (Å²) in [6, 6.07) is 19.6. The number of carbonyl (C=O) groups is 1. The minimum Gasteiger partial charge on any atom is -0.462 e. The van der Waals surface area contributed by atoms with E-state index < -0.39 is 0 Å². The molecule has 0 bridgehead atoms. The van der Waals surface area contributed by atoms with Gasteiger partial charge in [-0.05, 0) is 59.4 Å². The number of hydrogen-bond acceptors (Lipinski definition) is 2. The van der Waals surface area contributed by atoms with Gasteiger partial charge < -0.3 is 4.74 Å². The van der Waals surface area contributed by atoms with Crippen molar-refractivity contribution in [2.45, 2.75) is 39.0 Å². The number of esters is 1. The van der Waals surface area contributed by atoms with Crippen molar-refractivity contribution in [3.63, 3.8) is 0 Å². The highest BCUT2D eigenvalue weighted by Gasteiger charge is 2.07. The molecule has 0 spiro atoms. The normalized spacial score (nSPS) is 11.0. The predicted octanol–water partition coefficient (Wildman–Crippen LogP) is 6.22. The molecule has 0 saturated carbocycles. The smallest absolute Gasteiger partial charge is 0.333 e. The van der Waals surface area contributed by atoms with Gasteiger partial charge in [0.1, 0.15) is 0 Å². The van der Waals surface area contributed by atoms with Crippen LogP contribution in [-0.4, -0.2) is 12.6 Å². The number of aryl methyl sites for hydroxylation is 1. The van der Waals surface area contributed by atoms with E-state index in [1.165, 1.54) is 27.1 Å². The summed E-state index contributed by atoms with van der Waals surface area (Å²) < 4.78 is 5.15. The molecular weight excluding hydrogens is 320 g/mol. The van der Waals surface area contributed by atoms with Crippen LogP contribution < -0.4 is 0 Å². The first-order valence-corrected chi connectivity index (χ1v) is 9.39. The van der Waals surface area contributed by atoms with E-state index in [1.807, 2.05) is 0 Å². The maximum Gasteiger partial charge on any atom is 0.333 e. The van der Waals surface area contributed by atoms with Crippen LogP contribution in [0.25, 0.3) is 21.5 Å². The van der Waals surface area contributed by atoms with Gasteiger partial charge in [0.25, 0.3) is 0 Å². The van der Waals surface area contributed by atoms with Crippen LogP contribution in [0.2, 0.25) is 0 Å². The highest BCUT2D eigenvalue weighted by molar-refractivity contribution is 6.02. The lowest BCUT2D eigenvalue weighted by Crippen LogP contribution is -2.06. The summed E-state index contributed by atoms with van der Waals surface area (Å²) >= 11 is 0. The van der Waals surface area contributed by atoms with Crippen molar-refractivity contribution in [2.75, 3.05) is 6.61 Å². The van der Waals surface area contributed by atoms with Crippen molar-refractivity contribution >= 4 is 27.5 Å². The second-order valence-corrected chi connectivity index (χ2v) is 6.88. The molecule has 0 unspecified atom stereocenters. The summed E-state index contributed by atoms with van der Waals surface area (Å²) in [5.74, 6) is -0.285. The third kappa shape index (κ3) is 4.32. The highest BCUT2D eigenvalue weighted by Crippen LogP contribution is 2.29. The SMILES string of the molecule is C=C(C)C(=O)OCCCCCCc1c2ccccc2cc2ccccc12. The third-order valence-electron chi connectivity index (χ3n) is 4.79. The van der Waals surface area contributed by atoms with Crippen LogP contribution in [0.3, 0.4) is 0 Å². The van der Waals surface area contributed by atoms with Gasteiger partial charge in [0, 0.05) is 5.57 Å². The Bertz CT molecular complexity index is 870. The molecule has 0 amide bonds. The molecule has 0 heterocycles. The molecule has 2 heteroatoms. The fourth-order valence-electron chi connectivity index (χ4n) is 3.42. The standard InChI is InChI=1S/C24H26O2/c1-18(2)24(25)26-16-10-4-3-5-15-23-21-13-8-6-11-19(21)17-20-12-7-9-14-22(20)23/h6-9,11-14,17H,1,3-5,10,15-16H2,2H3. The van der Waals surface area contributed by atoms with Crippen LogP contribution in [-0.2, 0) is 16.0 Å². The zero-order valence-electron chi connectivity index (χ0n) is 15.5. The Labute approximate surface area is 155 Å². The molecule has 0 saturated heterocycles. The van der Waals surface area contributed by atoms with E-state index in [2.05, 4.69) is 61.2 Å². The molecule has 26 heavy (non-hydrogen) atoms. The zero-order valence-corrected chi connectivity index (χ0v) is 15.5. The third-order valence-corrected chi connectivity index (χ3v) is 4.79. The molecule has 3 rings (SSSR count). The summed E-state index contributed by atoms with van der Waals surface area (Å²) in [7, 11) is 0. The number of unbranched alkanes of at least 4 members (excludes halogenated alkanes) is 3. The number of fused-ring (bicyclic) bond motifs is 2. The molecule has 0 aliphatic carbocycles. The van der Waals surface area contributed by atoms with E-state index in [4.69, 9.17) is 4.74 Å². The second kappa shape index (κ2) is 8.66. The van der Waals surface area contributed by atoms with Gasteiger partial charge in [-0.3, -0.25) is 0 Å². The average molecular weight is 346 g/mol. The van der Waals surface area contributed by atoms with E-state index in [0.717, 1.165) is 32.1 Å². The Kier molecular flexibility index (Phi) is 6.06. The van der Waals surface area contributed by atoms with Crippen molar-refractivity contribution < 1.29 is 9.53 Å². The van der Waals surface area contributed by atoms with E-state index in [1.54, 1.807) is 6.92 Å². The van der Waals surface area contributed by atoms with Crippen molar-refractivity contribution in [3.8, 4) is 0 Å². The minimum absolute atomic E-state index is 0.285. The van der Waals surface area contributed by atoms with Gasteiger partial charge in [-0.15, -0.1) is 0 Å². The van der Waals surface area contributed by atoms with Gasteiger partial charge >= 0.3 is 5.97 Å². The lowest BCUT2D eigenvalue weighted by atomic mass is 9.93.